The minimum Gasteiger partial charge on any atom is -0.351 e. The number of carbonyl (C=O) groups excluding carboxylic acids is 1. The predicted molar refractivity (Wildman–Crippen MR) is 106 cm³/mol. The fourth-order valence-corrected chi connectivity index (χ4v) is 3.54. The largest absolute Gasteiger partial charge is 0.351 e. The van der Waals surface area contributed by atoms with Crippen LogP contribution in [0.1, 0.15) is 18.1 Å². The van der Waals surface area contributed by atoms with Crippen LogP contribution in [-0.2, 0) is 17.9 Å². The zero-order valence-electron chi connectivity index (χ0n) is 15.5. The lowest BCUT2D eigenvalue weighted by atomic mass is 10.1. The molecule has 1 aliphatic rings. The highest BCUT2D eigenvalue weighted by Gasteiger charge is 2.26. The summed E-state index contributed by atoms with van der Waals surface area (Å²) in [5, 5.41) is 3.46. The van der Waals surface area contributed by atoms with Crippen molar-refractivity contribution in [2.24, 2.45) is 0 Å². The standard InChI is InChI=1S/C21H25ClFN3O/c1-16(21(27)24-14-17-6-3-2-4-7-17)26-12-10-25(11-13-26)15-18-19(22)8-5-9-20(18)23/h2-9,16H,10-15H2,1H3,(H,24,27). The van der Waals surface area contributed by atoms with Crippen molar-refractivity contribution in [2.45, 2.75) is 26.1 Å². The van der Waals surface area contributed by atoms with Crippen LogP contribution in [0.25, 0.3) is 0 Å². The topological polar surface area (TPSA) is 35.6 Å². The lowest BCUT2D eigenvalue weighted by molar-refractivity contribution is -0.126. The third kappa shape index (κ3) is 5.28. The SMILES string of the molecule is CC(C(=O)NCc1ccccc1)N1CCN(Cc2c(F)cccc2Cl)CC1. The van der Waals surface area contributed by atoms with Gasteiger partial charge < -0.3 is 5.32 Å². The van der Waals surface area contributed by atoms with Gasteiger partial charge in [0.1, 0.15) is 5.82 Å². The maximum absolute atomic E-state index is 14.0. The summed E-state index contributed by atoms with van der Waals surface area (Å²) in [6, 6.07) is 14.5. The van der Waals surface area contributed by atoms with Crippen LogP contribution in [0.4, 0.5) is 4.39 Å². The fraction of sp³-hybridized carbons (Fsp3) is 0.381. The Hall–Kier alpha value is -1.95. The van der Waals surface area contributed by atoms with E-state index in [1.165, 1.54) is 6.07 Å². The van der Waals surface area contributed by atoms with Crippen LogP contribution in [0.2, 0.25) is 5.02 Å². The van der Waals surface area contributed by atoms with E-state index in [2.05, 4.69) is 15.1 Å². The number of hydrogen-bond donors (Lipinski definition) is 1. The van der Waals surface area contributed by atoms with E-state index in [-0.39, 0.29) is 17.8 Å². The van der Waals surface area contributed by atoms with Gasteiger partial charge >= 0.3 is 0 Å². The molecule has 1 amide bonds. The molecule has 0 saturated carbocycles. The second-order valence-corrected chi connectivity index (χ2v) is 7.30. The first kappa shape index (κ1) is 19.8. The van der Waals surface area contributed by atoms with Gasteiger partial charge in [-0.2, -0.15) is 0 Å². The van der Waals surface area contributed by atoms with Crippen molar-refractivity contribution >= 4 is 17.5 Å². The lowest BCUT2D eigenvalue weighted by Gasteiger charge is -2.37. The molecular formula is C21H25ClFN3O. The number of piperazine rings is 1. The van der Waals surface area contributed by atoms with Crippen molar-refractivity contribution in [2.75, 3.05) is 26.2 Å². The molecule has 4 nitrogen and oxygen atoms in total. The minimum absolute atomic E-state index is 0.0319. The van der Waals surface area contributed by atoms with Crippen LogP contribution >= 0.6 is 11.6 Å². The average molecular weight is 390 g/mol. The van der Waals surface area contributed by atoms with Gasteiger partial charge in [0.2, 0.25) is 5.91 Å². The third-order valence-corrected chi connectivity index (χ3v) is 5.44. The average Bonchev–Trinajstić information content (AvgIpc) is 2.70. The summed E-state index contributed by atoms with van der Waals surface area (Å²) in [6.07, 6.45) is 0. The molecule has 0 spiro atoms. The Labute approximate surface area is 164 Å². The zero-order valence-corrected chi connectivity index (χ0v) is 16.3. The maximum atomic E-state index is 14.0. The second kappa shape index (κ2) is 9.31. The first-order valence-electron chi connectivity index (χ1n) is 9.25. The summed E-state index contributed by atoms with van der Waals surface area (Å²) in [4.78, 5) is 16.8. The molecule has 1 heterocycles. The number of hydrogen-bond acceptors (Lipinski definition) is 3. The molecule has 1 N–H and O–H groups in total. The minimum atomic E-state index is -0.265. The predicted octanol–water partition coefficient (Wildman–Crippen LogP) is 3.30. The van der Waals surface area contributed by atoms with Gasteiger partial charge in [0.05, 0.1) is 6.04 Å². The number of halogens is 2. The molecule has 6 heteroatoms. The quantitative estimate of drug-likeness (QED) is 0.823. The number of amides is 1. The van der Waals surface area contributed by atoms with Crippen molar-refractivity contribution in [1.29, 1.82) is 0 Å². The normalized spacial score (nSPS) is 16.9. The van der Waals surface area contributed by atoms with Gasteiger partial charge in [-0.15, -0.1) is 0 Å². The van der Waals surface area contributed by atoms with Gasteiger partial charge in [-0.25, -0.2) is 4.39 Å². The first-order chi connectivity index (χ1) is 13.0. The fourth-order valence-electron chi connectivity index (χ4n) is 3.31. The van der Waals surface area contributed by atoms with E-state index in [1.54, 1.807) is 12.1 Å². The van der Waals surface area contributed by atoms with E-state index in [0.29, 0.717) is 23.7 Å². The maximum Gasteiger partial charge on any atom is 0.237 e. The molecule has 0 radical (unpaired) electrons. The van der Waals surface area contributed by atoms with E-state index in [1.807, 2.05) is 37.3 Å². The van der Waals surface area contributed by atoms with Crippen molar-refractivity contribution in [3.8, 4) is 0 Å². The van der Waals surface area contributed by atoms with Crippen LogP contribution < -0.4 is 5.32 Å². The van der Waals surface area contributed by atoms with E-state index in [0.717, 1.165) is 31.7 Å². The van der Waals surface area contributed by atoms with Gasteiger partial charge in [-0.05, 0) is 24.6 Å². The second-order valence-electron chi connectivity index (χ2n) is 6.89. The van der Waals surface area contributed by atoms with Crippen LogP contribution in [-0.4, -0.2) is 47.9 Å². The van der Waals surface area contributed by atoms with E-state index >= 15 is 0 Å². The van der Waals surface area contributed by atoms with Crippen LogP contribution in [0.3, 0.4) is 0 Å². The number of carbonyl (C=O) groups is 1. The highest BCUT2D eigenvalue weighted by atomic mass is 35.5. The van der Waals surface area contributed by atoms with Gasteiger partial charge in [-0.1, -0.05) is 48.0 Å². The molecule has 1 fully saturated rings. The van der Waals surface area contributed by atoms with Crippen LogP contribution in [0, 0.1) is 5.82 Å². The molecule has 1 saturated heterocycles. The molecule has 1 aliphatic heterocycles. The Kier molecular flexibility index (Phi) is 6.83. The van der Waals surface area contributed by atoms with Crippen LogP contribution in [0.5, 0.6) is 0 Å². The van der Waals surface area contributed by atoms with Gasteiger partial charge in [0.25, 0.3) is 0 Å². The Morgan fingerprint density at radius 3 is 2.48 bits per heavy atom. The van der Waals surface area contributed by atoms with Gasteiger partial charge in [0.15, 0.2) is 0 Å². The third-order valence-electron chi connectivity index (χ3n) is 5.09. The van der Waals surface area contributed by atoms with Crippen molar-refractivity contribution < 1.29 is 9.18 Å². The molecule has 1 atom stereocenters. The van der Waals surface area contributed by atoms with Gasteiger partial charge in [0, 0.05) is 49.9 Å². The Morgan fingerprint density at radius 1 is 1.11 bits per heavy atom. The molecule has 2 aromatic carbocycles. The lowest BCUT2D eigenvalue weighted by Crippen LogP contribution is -2.53. The number of nitrogens with zero attached hydrogens (tertiary/aromatic N) is 2. The summed E-state index contributed by atoms with van der Waals surface area (Å²) in [7, 11) is 0. The highest BCUT2D eigenvalue weighted by Crippen LogP contribution is 2.21. The Balaban J connectivity index is 1.47. The molecule has 2 aromatic rings. The monoisotopic (exact) mass is 389 g/mol. The summed E-state index contributed by atoms with van der Waals surface area (Å²) in [5.41, 5.74) is 1.63. The summed E-state index contributed by atoms with van der Waals surface area (Å²) >= 11 is 6.12. The molecule has 0 aliphatic carbocycles. The van der Waals surface area contributed by atoms with Crippen molar-refractivity contribution in [3.05, 3.63) is 70.5 Å². The molecule has 144 valence electrons. The molecular weight excluding hydrogens is 365 g/mol. The highest BCUT2D eigenvalue weighted by molar-refractivity contribution is 6.31. The van der Waals surface area contributed by atoms with Crippen LogP contribution in [0.15, 0.2) is 48.5 Å². The summed E-state index contributed by atoms with van der Waals surface area (Å²) in [6.45, 7) is 6.06. The Morgan fingerprint density at radius 2 is 1.81 bits per heavy atom. The molecule has 0 bridgehead atoms. The number of rotatable bonds is 6. The zero-order chi connectivity index (χ0) is 19.2. The van der Waals surface area contributed by atoms with Crippen molar-refractivity contribution in [1.82, 2.24) is 15.1 Å². The molecule has 27 heavy (non-hydrogen) atoms. The molecule has 0 aromatic heterocycles. The molecule has 1 unspecified atom stereocenters. The number of benzene rings is 2. The number of nitrogens with one attached hydrogen (secondary N) is 1. The smallest absolute Gasteiger partial charge is 0.237 e. The van der Waals surface area contributed by atoms with Crippen molar-refractivity contribution in [3.63, 3.8) is 0 Å². The van der Waals surface area contributed by atoms with Gasteiger partial charge in [-0.3, -0.25) is 14.6 Å². The summed E-state index contributed by atoms with van der Waals surface area (Å²) < 4.78 is 14.0. The van der Waals surface area contributed by atoms with E-state index in [4.69, 9.17) is 11.6 Å². The molecule has 3 rings (SSSR count). The van der Waals surface area contributed by atoms with E-state index < -0.39 is 0 Å². The Bertz CT molecular complexity index is 743. The summed E-state index contributed by atoms with van der Waals surface area (Å²) in [5.74, 6) is -0.233. The first-order valence-corrected chi connectivity index (χ1v) is 9.63. The van der Waals surface area contributed by atoms with E-state index in [9.17, 15) is 9.18 Å².